The lowest BCUT2D eigenvalue weighted by atomic mass is 11.0. The molecule has 2 unspecified atom stereocenters. The third-order valence-corrected chi connectivity index (χ3v) is 0. The topological polar surface area (TPSA) is 0 Å². The van der Waals surface area contributed by atoms with E-state index in [0.717, 1.165) is 0 Å². The van der Waals surface area contributed by atoms with Gasteiger partial charge in [0.15, 0.2) is 0 Å². The van der Waals surface area contributed by atoms with Crippen LogP contribution in [0.4, 0.5) is 0 Å². The first-order valence-corrected chi connectivity index (χ1v) is 2.58. The van der Waals surface area contributed by atoms with Gasteiger partial charge in [-0.3, -0.25) is 0 Å². The molecular weight excluding hydrogens is 86.0 g/mol. The molecule has 0 spiro atoms. The van der Waals surface area contributed by atoms with Crippen molar-refractivity contribution in [3.05, 3.63) is 0 Å². The van der Waals surface area contributed by atoms with Crippen molar-refractivity contribution in [2.75, 3.05) is 0 Å². The molecule has 26 valence electrons. The highest BCUT2D eigenvalue weighted by Crippen LogP contribution is 2.03. The SMILES string of the molecule is CC(P)P. The van der Waals surface area contributed by atoms with Crippen molar-refractivity contribution in [3.8, 4) is 0 Å². The van der Waals surface area contributed by atoms with Crippen LogP contribution in [-0.2, 0) is 0 Å². The third-order valence-electron chi connectivity index (χ3n) is 0. The summed E-state index contributed by atoms with van der Waals surface area (Å²) in [6.07, 6.45) is 0. The van der Waals surface area contributed by atoms with E-state index in [0.29, 0.717) is 5.40 Å². The van der Waals surface area contributed by atoms with Crippen LogP contribution in [0.5, 0.6) is 0 Å². The van der Waals surface area contributed by atoms with Crippen LogP contribution in [0.1, 0.15) is 6.92 Å². The van der Waals surface area contributed by atoms with E-state index in [-0.39, 0.29) is 0 Å². The van der Waals surface area contributed by atoms with Gasteiger partial charge < -0.3 is 0 Å². The Kier molecular flexibility index (Phi) is 2.57. The fourth-order valence-electron chi connectivity index (χ4n) is 0. The fraction of sp³-hybridized carbons (Fsp3) is 1.00. The van der Waals surface area contributed by atoms with E-state index in [1.807, 2.05) is 0 Å². The Balaban J connectivity index is 2.32. The molecular formula is C2H8P2. The minimum absolute atomic E-state index is 0.667. The van der Waals surface area contributed by atoms with E-state index in [1.54, 1.807) is 0 Å². The van der Waals surface area contributed by atoms with Gasteiger partial charge in [-0.1, -0.05) is 6.92 Å². The molecule has 0 radical (unpaired) electrons. The molecule has 0 fully saturated rings. The molecule has 0 saturated heterocycles. The molecule has 0 nitrogen and oxygen atoms in total. The molecule has 0 aliphatic carbocycles. The summed E-state index contributed by atoms with van der Waals surface area (Å²) in [5, 5.41) is 0.667. The van der Waals surface area contributed by atoms with Crippen molar-refractivity contribution < 1.29 is 0 Å². The molecule has 0 aliphatic rings. The van der Waals surface area contributed by atoms with E-state index >= 15 is 0 Å². The third kappa shape index (κ3) is 13.4. The van der Waals surface area contributed by atoms with Gasteiger partial charge in [-0.05, 0) is 5.40 Å². The highest BCUT2D eigenvalue weighted by Gasteiger charge is 1.67. The van der Waals surface area contributed by atoms with Crippen LogP contribution in [-0.4, -0.2) is 5.40 Å². The standard InChI is InChI=1S/C2H8P2/c1-2(3)4/h2H,3-4H2,1H3. The second kappa shape index (κ2) is 2.12. The van der Waals surface area contributed by atoms with Crippen molar-refractivity contribution in [2.45, 2.75) is 12.3 Å². The zero-order valence-corrected chi connectivity index (χ0v) is 5.04. The second-order valence-electron chi connectivity index (χ2n) is 0.859. The Morgan fingerprint density at radius 2 is 1.50 bits per heavy atom. The Hall–Kier alpha value is 0.860. The van der Waals surface area contributed by atoms with E-state index in [1.165, 1.54) is 0 Å². The molecule has 0 aromatic rings. The highest BCUT2D eigenvalue weighted by molar-refractivity contribution is 7.37. The second-order valence-corrected chi connectivity index (χ2v) is 3.73. The quantitative estimate of drug-likeness (QED) is 0.394. The highest BCUT2D eigenvalue weighted by atomic mass is 31.1. The van der Waals surface area contributed by atoms with Gasteiger partial charge in [0, 0.05) is 0 Å². The minimum Gasteiger partial charge on any atom is -0.131 e. The predicted octanol–water partition coefficient (Wildman–Crippen LogP) is 1.08. The smallest absolute Gasteiger partial charge is 0.0146 e. The van der Waals surface area contributed by atoms with Crippen LogP contribution in [0.3, 0.4) is 0 Å². The van der Waals surface area contributed by atoms with Gasteiger partial charge >= 0.3 is 0 Å². The van der Waals surface area contributed by atoms with E-state index in [9.17, 15) is 0 Å². The van der Waals surface area contributed by atoms with Crippen molar-refractivity contribution in [1.82, 2.24) is 0 Å². The van der Waals surface area contributed by atoms with E-state index in [4.69, 9.17) is 0 Å². The first-order chi connectivity index (χ1) is 1.73. The Morgan fingerprint density at radius 3 is 1.50 bits per heavy atom. The van der Waals surface area contributed by atoms with Crippen LogP contribution in [0.15, 0.2) is 0 Å². The summed E-state index contributed by atoms with van der Waals surface area (Å²) in [6.45, 7) is 2.09. The molecule has 0 saturated carbocycles. The fourth-order valence-corrected chi connectivity index (χ4v) is 0. The lowest BCUT2D eigenvalue weighted by Crippen LogP contribution is -1.59. The summed E-state index contributed by atoms with van der Waals surface area (Å²) in [6, 6.07) is 0. The summed E-state index contributed by atoms with van der Waals surface area (Å²) in [7, 11) is 5.24. The molecule has 0 aliphatic heterocycles. The van der Waals surface area contributed by atoms with Crippen LogP contribution < -0.4 is 0 Å². The van der Waals surface area contributed by atoms with Crippen LogP contribution >= 0.6 is 18.5 Å². The molecule has 0 aromatic heterocycles. The monoisotopic (exact) mass is 94.0 g/mol. The zero-order valence-electron chi connectivity index (χ0n) is 2.73. The molecule has 0 heterocycles. The maximum atomic E-state index is 2.62. The molecule has 2 heteroatoms. The van der Waals surface area contributed by atoms with Gasteiger partial charge in [-0.15, -0.1) is 18.5 Å². The maximum Gasteiger partial charge on any atom is -0.0146 e. The van der Waals surface area contributed by atoms with Crippen LogP contribution in [0, 0.1) is 0 Å². The lowest BCUT2D eigenvalue weighted by Gasteiger charge is -1.79. The Bertz CT molecular complexity index is 8.75. The first kappa shape index (κ1) is 4.86. The van der Waals surface area contributed by atoms with Gasteiger partial charge in [-0.2, -0.15) is 0 Å². The molecule has 4 heavy (non-hydrogen) atoms. The molecule has 0 amide bonds. The van der Waals surface area contributed by atoms with Crippen molar-refractivity contribution in [3.63, 3.8) is 0 Å². The molecule has 0 N–H and O–H groups in total. The molecule has 0 aromatic carbocycles. The van der Waals surface area contributed by atoms with Gasteiger partial charge in [0.2, 0.25) is 0 Å². The number of hydrogen-bond acceptors (Lipinski definition) is 0. The first-order valence-electron chi connectivity index (χ1n) is 1.24. The predicted molar refractivity (Wildman–Crippen MR) is 28.9 cm³/mol. The Labute approximate surface area is 31.8 Å². The lowest BCUT2D eigenvalue weighted by molar-refractivity contribution is 1.43. The van der Waals surface area contributed by atoms with E-state index in [2.05, 4.69) is 25.4 Å². The average molecular weight is 94.0 g/mol. The summed E-state index contributed by atoms with van der Waals surface area (Å²) >= 11 is 0. The van der Waals surface area contributed by atoms with Crippen molar-refractivity contribution in [2.24, 2.45) is 0 Å². The van der Waals surface area contributed by atoms with Gasteiger partial charge in [0.25, 0.3) is 0 Å². The number of rotatable bonds is 0. The van der Waals surface area contributed by atoms with Crippen LogP contribution in [0.2, 0.25) is 0 Å². The maximum absolute atomic E-state index is 2.62. The zero-order chi connectivity index (χ0) is 3.58. The molecule has 0 bridgehead atoms. The van der Waals surface area contributed by atoms with Crippen molar-refractivity contribution in [1.29, 1.82) is 0 Å². The average Bonchev–Trinajstić information content (AvgIpc) is 0.811. The summed E-state index contributed by atoms with van der Waals surface area (Å²) in [5.74, 6) is 0. The van der Waals surface area contributed by atoms with Gasteiger partial charge in [0.1, 0.15) is 0 Å². The minimum atomic E-state index is 0.667. The molecule has 2 atom stereocenters. The van der Waals surface area contributed by atoms with Crippen molar-refractivity contribution >= 4 is 18.5 Å². The van der Waals surface area contributed by atoms with Gasteiger partial charge in [-0.25, -0.2) is 0 Å². The number of hydrogen-bond donors (Lipinski definition) is 0. The molecule has 0 rings (SSSR count). The van der Waals surface area contributed by atoms with Gasteiger partial charge in [0.05, 0.1) is 0 Å². The normalized spacial score (nSPS) is 9.00. The van der Waals surface area contributed by atoms with E-state index < -0.39 is 0 Å². The summed E-state index contributed by atoms with van der Waals surface area (Å²) < 4.78 is 0. The summed E-state index contributed by atoms with van der Waals surface area (Å²) in [5.41, 5.74) is 0. The summed E-state index contributed by atoms with van der Waals surface area (Å²) in [4.78, 5) is 0. The van der Waals surface area contributed by atoms with Crippen LogP contribution in [0.25, 0.3) is 0 Å². The Morgan fingerprint density at radius 1 is 1.50 bits per heavy atom. The largest absolute Gasteiger partial charge is 0.131 e.